The first-order valence-electron chi connectivity index (χ1n) is 8.01. The summed E-state index contributed by atoms with van der Waals surface area (Å²) in [5, 5.41) is 6.12. The van der Waals surface area contributed by atoms with E-state index < -0.39 is 16.1 Å². The molecule has 1 aromatic rings. The maximum Gasteiger partial charge on any atom is 0.241 e. The SMILES string of the molecule is CSCCC(NS(=O)(=O)c1ccc(C)cc1)C(=O)NC1CCNC1.Cl. The third-order valence-corrected chi connectivity index (χ3v) is 6.09. The van der Waals surface area contributed by atoms with Gasteiger partial charge in [-0.1, -0.05) is 17.7 Å². The average Bonchev–Trinajstić information content (AvgIpc) is 3.04. The third kappa shape index (κ3) is 6.79. The van der Waals surface area contributed by atoms with Crippen molar-refractivity contribution in [2.45, 2.75) is 36.7 Å². The van der Waals surface area contributed by atoms with Crippen LogP contribution in [0.25, 0.3) is 0 Å². The number of nitrogens with one attached hydrogen (secondary N) is 3. The number of hydrogen-bond donors (Lipinski definition) is 3. The van der Waals surface area contributed by atoms with Crippen LogP contribution in [0.2, 0.25) is 0 Å². The molecule has 2 atom stereocenters. The van der Waals surface area contributed by atoms with Crippen molar-refractivity contribution in [3.05, 3.63) is 29.8 Å². The highest BCUT2D eigenvalue weighted by atomic mass is 35.5. The molecule has 1 heterocycles. The number of carbonyl (C=O) groups is 1. The molecule has 3 N–H and O–H groups in total. The highest BCUT2D eigenvalue weighted by Crippen LogP contribution is 2.12. The Bertz CT molecular complexity index is 647. The number of amides is 1. The molecule has 0 spiro atoms. The molecule has 1 fully saturated rings. The van der Waals surface area contributed by atoms with Crippen molar-refractivity contribution in [1.29, 1.82) is 0 Å². The summed E-state index contributed by atoms with van der Waals surface area (Å²) in [4.78, 5) is 12.7. The number of benzene rings is 1. The van der Waals surface area contributed by atoms with Gasteiger partial charge in [-0.15, -0.1) is 12.4 Å². The predicted molar refractivity (Wildman–Crippen MR) is 105 cm³/mol. The largest absolute Gasteiger partial charge is 0.351 e. The first kappa shape index (κ1) is 22.2. The van der Waals surface area contributed by atoms with E-state index in [2.05, 4.69) is 15.4 Å². The van der Waals surface area contributed by atoms with E-state index in [4.69, 9.17) is 0 Å². The monoisotopic (exact) mass is 407 g/mol. The van der Waals surface area contributed by atoms with Crippen LogP contribution in [-0.4, -0.2) is 51.5 Å². The van der Waals surface area contributed by atoms with Gasteiger partial charge in [0.25, 0.3) is 0 Å². The molecule has 1 aromatic carbocycles. The van der Waals surface area contributed by atoms with Crippen LogP contribution in [-0.2, 0) is 14.8 Å². The normalized spacial score (nSPS) is 18.4. The number of thioether (sulfide) groups is 1. The summed E-state index contributed by atoms with van der Waals surface area (Å²) < 4.78 is 27.7. The fraction of sp³-hybridized carbons (Fsp3) is 0.562. The lowest BCUT2D eigenvalue weighted by Crippen LogP contribution is -2.50. The average molecular weight is 408 g/mol. The van der Waals surface area contributed by atoms with Crippen LogP contribution in [0.15, 0.2) is 29.2 Å². The number of carbonyl (C=O) groups excluding carboxylic acids is 1. The fourth-order valence-electron chi connectivity index (χ4n) is 2.53. The molecule has 0 aromatic heterocycles. The molecule has 1 amide bonds. The Morgan fingerprint density at radius 2 is 2.04 bits per heavy atom. The number of hydrogen-bond acceptors (Lipinski definition) is 5. The van der Waals surface area contributed by atoms with E-state index in [1.807, 2.05) is 13.2 Å². The van der Waals surface area contributed by atoms with Crippen molar-refractivity contribution in [1.82, 2.24) is 15.4 Å². The van der Waals surface area contributed by atoms with Gasteiger partial charge in [-0.3, -0.25) is 4.79 Å². The molecule has 2 unspecified atom stereocenters. The van der Waals surface area contributed by atoms with E-state index in [9.17, 15) is 13.2 Å². The van der Waals surface area contributed by atoms with Crippen molar-refractivity contribution in [2.24, 2.45) is 0 Å². The zero-order valence-electron chi connectivity index (χ0n) is 14.4. The highest BCUT2D eigenvalue weighted by molar-refractivity contribution is 7.98. The van der Waals surface area contributed by atoms with Crippen molar-refractivity contribution in [2.75, 3.05) is 25.1 Å². The minimum Gasteiger partial charge on any atom is -0.351 e. The van der Waals surface area contributed by atoms with E-state index in [0.717, 1.165) is 25.1 Å². The quantitative estimate of drug-likeness (QED) is 0.604. The summed E-state index contributed by atoms with van der Waals surface area (Å²) in [6.45, 7) is 3.50. The van der Waals surface area contributed by atoms with Gasteiger partial charge in [0, 0.05) is 12.6 Å². The second-order valence-electron chi connectivity index (χ2n) is 5.97. The van der Waals surface area contributed by atoms with E-state index in [0.29, 0.717) is 12.2 Å². The lowest BCUT2D eigenvalue weighted by Gasteiger charge is -2.20. The summed E-state index contributed by atoms with van der Waals surface area (Å²) in [6, 6.07) is 5.91. The first-order chi connectivity index (χ1) is 11.4. The van der Waals surface area contributed by atoms with Crippen molar-refractivity contribution in [3.8, 4) is 0 Å². The smallest absolute Gasteiger partial charge is 0.241 e. The number of sulfonamides is 1. The van der Waals surface area contributed by atoms with E-state index >= 15 is 0 Å². The second kappa shape index (κ2) is 10.4. The Hall–Kier alpha value is -0.800. The molecule has 0 saturated carbocycles. The van der Waals surface area contributed by atoms with Crippen LogP contribution in [0.5, 0.6) is 0 Å². The van der Waals surface area contributed by atoms with Gasteiger partial charge >= 0.3 is 0 Å². The minimum atomic E-state index is -3.72. The predicted octanol–water partition coefficient (Wildman–Crippen LogP) is 1.29. The van der Waals surface area contributed by atoms with Gasteiger partial charge in [-0.25, -0.2) is 8.42 Å². The van der Waals surface area contributed by atoms with Gasteiger partial charge in [-0.05, 0) is 50.5 Å². The highest BCUT2D eigenvalue weighted by Gasteiger charge is 2.27. The van der Waals surface area contributed by atoms with Gasteiger partial charge in [0.15, 0.2) is 0 Å². The lowest BCUT2D eigenvalue weighted by molar-refractivity contribution is -0.123. The van der Waals surface area contributed by atoms with E-state index in [-0.39, 0.29) is 29.3 Å². The Morgan fingerprint density at radius 1 is 1.36 bits per heavy atom. The van der Waals surface area contributed by atoms with E-state index in [1.165, 1.54) is 0 Å². The molecular formula is C16H26ClN3O3S2. The van der Waals surface area contributed by atoms with Gasteiger partial charge < -0.3 is 10.6 Å². The van der Waals surface area contributed by atoms with Crippen molar-refractivity contribution >= 4 is 40.1 Å². The molecule has 142 valence electrons. The Morgan fingerprint density at radius 3 is 2.60 bits per heavy atom. The zero-order chi connectivity index (χ0) is 17.6. The van der Waals surface area contributed by atoms with Gasteiger partial charge in [-0.2, -0.15) is 16.5 Å². The Balaban J connectivity index is 0.00000312. The first-order valence-corrected chi connectivity index (χ1v) is 10.9. The molecule has 9 heteroatoms. The van der Waals surface area contributed by atoms with Crippen LogP contribution in [0.4, 0.5) is 0 Å². The molecule has 1 aliphatic heterocycles. The Labute approximate surface area is 160 Å². The summed E-state index contributed by atoms with van der Waals surface area (Å²) >= 11 is 1.59. The topological polar surface area (TPSA) is 87.3 Å². The molecule has 1 aliphatic rings. The maximum absolute atomic E-state index is 12.5. The van der Waals surface area contributed by atoms with Gasteiger partial charge in [0.05, 0.1) is 4.90 Å². The van der Waals surface area contributed by atoms with Crippen molar-refractivity contribution in [3.63, 3.8) is 0 Å². The molecule has 0 bridgehead atoms. The van der Waals surface area contributed by atoms with Crippen LogP contribution in [0.3, 0.4) is 0 Å². The van der Waals surface area contributed by atoms with Gasteiger partial charge in [0.2, 0.25) is 15.9 Å². The molecule has 25 heavy (non-hydrogen) atoms. The second-order valence-corrected chi connectivity index (χ2v) is 8.67. The standard InChI is InChI=1S/C16H25N3O3S2.ClH/c1-12-3-5-14(6-4-12)24(21,22)19-15(8-10-23-2)16(20)18-13-7-9-17-11-13;/h3-6,13,15,17,19H,7-11H2,1-2H3,(H,18,20);1H. The fourth-order valence-corrected chi connectivity index (χ4v) is 4.23. The minimum absolute atomic E-state index is 0. The molecule has 0 aliphatic carbocycles. The maximum atomic E-state index is 12.5. The zero-order valence-corrected chi connectivity index (χ0v) is 16.9. The van der Waals surface area contributed by atoms with E-state index in [1.54, 1.807) is 36.0 Å². The summed E-state index contributed by atoms with van der Waals surface area (Å²) in [5.41, 5.74) is 0.986. The number of aryl methyl sites for hydroxylation is 1. The third-order valence-electron chi connectivity index (χ3n) is 3.96. The van der Waals surface area contributed by atoms with Gasteiger partial charge in [0.1, 0.15) is 6.04 Å². The number of halogens is 1. The van der Waals surface area contributed by atoms with Crippen LogP contribution in [0, 0.1) is 6.92 Å². The van der Waals surface area contributed by atoms with Crippen LogP contribution < -0.4 is 15.4 Å². The molecule has 0 radical (unpaired) electrons. The van der Waals surface area contributed by atoms with Crippen LogP contribution in [0.1, 0.15) is 18.4 Å². The van der Waals surface area contributed by atoms with Crippen LogP contribution >= 0.6 is 24.2 Å². The summed E-state index contributed by atoms with van der Waals surface area (Å²) in [5.74, 6) is 0.450. The Kier molecular flexibility index (Phi) is 9.23. The molecule has 6 nitrogen and oxygen atoms in total. The molecule has 1 saturated heterocycles. The molecule has 2 rings (SSSR count). The molecular weight excluding hydrogens is 382 g/mol. The number of rotatable bonds is 8. The van der Waals surface area contributed by atoms with Crippen molar-refractivity contribution < 1.29 is 13.2 Å². The summed E-state index contributed by atoms with van der Waals surface area (Å²) in [7, 11) is -3.72. The lowest BCUT2D eigenvalue weighted by atomic mass is 10.2. The summed E-state index contributed by atoms with van der Waals surface area (Å²) in [6.07, 6.45) is 3.26.